The van der Waals surface area contributed by atoms with Crippen molar-refractivity contribution in [1.29, 1.82) is 0 Å². The number of halogens is 3. The summed E-state index contributed by atoms with van der Waals surface area (Å²) < 4.78 is 48.1. The van der Waals surface area contributed by atoms with Gasteiger partial charge in [0, 0.05) is 36.0 Å². The van der Waals surface area contributed by atoms with Crippen molar-refractivity contribution < 1.29 is 37.9 Å². The van der Waals surface area contributed by atoms with Crippen molar-refractivity contribution in [2.45, 2.75) is 89.6 Å². The molecule has 1 amide bonds. The second kappa shape index (κ2) is 7.52. The Morgan fingerprint density at radius 3 is 2.38 bits per heavy atom. The number of nitrogens with one attached hydrogen (secondary N) is 1. The summed E-state index contributed by atoms with van der Waals surface area (Å²) in [5.41, 5.74) is -0.901. The zero-order chi connectivity index (χ0) is 25.3. The fourth-order valence-corrected chi connectivity index (χ4v) is 6.26. The molecule has 2 aromatic rings. The van der Waals surface area contributed by atoms with Gasteiger partial charge in [0.15, 0.2) is 11.3 Å². The Morgan fingerprint density at radius 2 is 1.79 bits per heavy atom. The summed E-state index contributed by atoms with van der Waals surface area (Å²) in [6.45, 7) is 11.9. The molecule has 1 atom stereocenters. The zero-order valence-corrected chi connectivity index (χ0v) is 20.4. The number of nitrogens with two attached hydrogens (primary N) is 1. The molecular formula is C24H33F3N3O4+. The van der Waals surface area contributed by atoms with Crippen LogP contribution in [-0.2, 0) is 11.2 Å². The average Bonchev–Trinajstić information content (AvgIpc) is 3.00. The van der Waals surface area contributed by atoms with Gasteiger partial charge in [0.25, 0.3) is 0 Å². The molecule has 0 saturated carbocycles. The second-order valence-corrected chi connectivity index (χ2v) is 11.2. The van der Waals surface area contributed by atoms with Gasteiger partial charge in [0.1, 0.15) is 5.75 Å². The molecule has 1 aromatic carbocycles. The van der Waals surface area contributed by atoms with Gasteiger partial charge < -0.3 is 24.9 Å². The molecule has 0 radical (unpaired) electrons. The highest BCUT2D eigenvalue weighted by atomic mass is 19.4. The maximum absolute atomic E-state index is 13.0. The van der Waals surface area contributed by atoms with Crippen LogP contribution in [0, 0.1) is 6.92 Å². The number of nitrogens with zero attached hydrogens (tertiary/aromatic N) is 1. The number of aliphatic hydroxyl groups is 1. The van der Waals surface area contributed by atoms with Crippen LogP contribution in [0.4, 0.5) is 18.0 Å². The first-order valence-electron chi connectivity index (χ1n) is 11.4. The number of rotatable bonds is 4. The van der Waals surface area contributed by atoms with E-state index in [9.17, 15) is 23.1 Å². The first-order chi connectivity index (χ1) is 15.4. The Kier molecular flexibility index (Phi) is 5.45. The molecule has 0 bridgehead atoms. The number of carbonyl (C=O) groups is 1. The Morgan fingerprint density at radius 1 is 1.18 bits per heavy atom. The van der Waals surface area contributed by atoms with Gasteiger partial charge in [0.2, 0.25) is 0 Å². The molecule has 4 rings (SSSR count). The maximum Gasteiger partial charge on any atom is 0.573 e. The van der Waals surface area contributed by atoms with Gasteiger partial charge in [0.05, 0.1) is 11.1 Å². The number of hydrogen-bond donors (Lipinski definition) is 3. The lowest BCUT2D eigenvalue weighted by molar-refractivity contribution is -0.793. The largest absolute Gasteiger partial charge is 0.573 e. The number of piperidine rings is 1. The molecule has 2 fully saturated rings. The molecule has 0 unspecified atom stereocenters. The molecule has 2 aliphatic rings. The topological polar surface area (TPSA) is 91.4 Å². The van der Waals surface area contributed by atoms with Gasteiger partial charge in [-0.15, -0.1) is 13.2 Å². The minimum Gasteiger partial charge on any atom is -0.437 e. The van der Waals surface area contributed by atoms with Crippen molar-refractivity contribution in [1.82, 2.24) is 9.88 Å². The molecule has 188 valence electrons. The number of hydrogen-bond acceptors (Lipinski definition) is 4. The van der Waals surface area contributed by atoms with Gasteiger partial charge >= 0.3 is 12.5 Å². The summed E-state index contributed by atoms with van der Waals surface area (Å²) in [5.74, 6) is -0.310. The first-order valence-corrected chi connectivity index (χ1v) is 11.4. The number of aryl methyl sites for hydroxylation is 1. The van der Waals surface area contributed by atoms with E-state index in [1.807, 2.05) is 6.92 Å². The molecule has 2 saturated heterocycles. The van der Waals surface area contributed by atoms with Crippen molar-refractivity contribution in [3.05, 3.63) is 29.5 Å². The molecular weight excluding hydrogens is 451 g/mol. The van der Waals surface area contributed by atoms with Crippen LogP contribution in [0.2, 0.25) is 0 Å². The molecule has 34 heavy (non-hydrogen) atoms. The third-order valence-corrected chi connectivity index (χ3v) is 7.07. The van der Waals surface area contributed by atoms with E-state index in [0.717, 1.165) is 11.3 Å². The third-order valence-electron chi connectivity index (χ3n) is 7.07. The summed E-state index contributed by atoms with van der Waals surface area (Å²) in [7, 11) is 0. The second-order valence-electron chi connectivity index (χ2n) is 11.2. The number of carbonyl (C=O) groups excluding carboxylic acids is 1. The van der Waals surface area contributed by atoms with Crippen molar-refractivity contribution in [2.75, 3.05) is 6.54 Å². The van der Waals surface area contributed by atoms with Gasteiger partial charge in [-0.25, -0.2) is 4.79 Å². The molecule has 1 spiro atoms. The number of alkyl halides is 3. The summed E-state index contributed by atoms with van der Waals surface area (Å²) in [6, 6.07) is 4.13. The van der Waals surface area contributed by atoms with Crippen molar-refractivity contribution in [3.63, 3.8) is 0 Å². The van der Waals surface area contributed by atoms with Crippen LogP contribution in [0.5, 0.6) is 5.75 Å². The Labute approximate surface area is 196 Å². The smallest absolute Gasteiger partial charge is 0.437 e. The quantitative estimate of drug-likeness (QED) is 0.617. The molecule has 3 heterocycles. The number of H-pyrrole nitrogens is 1. The van der Waals surface area contributed by atoms with E-state index >= 15 is 0 Å². The summed E-state index contributed by atoms with van der Waals surface area (Å²) in [5, 5.41) is 14.5. The van der Waals surface area contributed by atoms with E-state index in [1.54, 1.807) is 6.92 Å². The van der Waals surface area contributed by atoms with E-state index in [1.165, 1.54) is 23.1 Å². The van der Waals surface area contributed by atoms with Gasteiger partial charge in [-0.3, -0.25) is 4.90 Å². The van der Waals surface area contributed by atoms with Gasteiger partial charge in [-0.05, 0) is 71.7 Å². The fourth-order valence-electron chi connectivity index (χ4n) is 6.26. The predicted molar refractivity (Wildman–Crippen MR) is 119 cm³/mol. The Balaban J connectivity index is 1.61. The average molecular weight is 485 g/mol. The number of aromatic nitrogens is 1. The lowest BCUT2D eigenvalue weighted by Gasteiger charge is -2.51. The number of ether oxygens (including phenoxy) is 2. The number of amides is 1. The van der Waals surface area contributed by atoms with Crippen molar-refractivity contribution in [2.24, 2.45) is 0 Å². The van der Waals surface area contributed by atoms with Crippen molar-refractivity contribution >= 4 is 17.0 Å². The highest BCUT2D eigenvalue weighted by Crippen LogP contribution is 2.48. The van der Waals surface area contributed by atoms with E-state index in [4.69, 9.17) is 4.74 Å². The van der Waals surface area contributed by atoms with E-state index in [2.05, 4.69) is 42.7 Å². The monoisotopic (exact) mass is 484 g/mol. The van der Waals surface area contributed by atoms with Crippen LogP contribution in [0.1, 0.15) is 58.7 Å². The van der Waals surface area contributed by atoms with Gasteiger partial charge in [-0.2, -0.15) is 0 Å². The first kappa shape index (κ1) is 24.7. The minimum absolute atomic E-state index is 0.149. The normalized spacial score (nSPS) is 25.7. The summed E-state index contributed by atoms with van der Waals surface area (Å²) in [4.78, 5) is 17.5. The lowest BCUT2D eigenvalue weighted by atomic mass is 9.68. The van der Waals surface area contributed by atoms with E-state index < -0.39 is 23.8 Å². The number of aromatic amines is 1. The van der Waals surface area contributed by atoms with Crippen LogP contribution in [0.3, 0.4) is 0 Å². The zero-order valence-electron chi connectivity index (χ0n) is 20.4. The lowest BCUT2D eigenvalue weighted by Crippen LogP contribution is -3.07. The van der Waals surface area contributed by atoms with Crippen LogP contribution in [0.25, 0.3) is 10.9 Å². The highest BCUT2D eigenvalue weighted by Gasteiger charge is 2.68. The molecule has 2 aliphatic heterocycles. The van der Waals surface area contributed by atoms with Crippen molar-refractivity contribution in [3.8, 4) is 5.75 Å². The molecule has 1 aromatic heterocycles. The Bertz CT molecular complexity index is 1100. The highest BCUT2D eigenvalue weighted by molar-refractivity contribution is 5.86. The molecule has 10 heteroatoms. The Hall–Kier alpha value is -2.46. The summed E-state index contributed by atoms with van der Waals surface area (Å²) in [6.07, 6.45) is -4.07. The predicted octanol–water partition coefficient (Wildman–Crippen LogP) is 3.73. The molecule has 7 nitrogen and oxygen atoms in total. The SMILES string of the molecule is Cc1[nH]c2ccc(OC(F)(F)F)cc2c1CCN1C(=O)OC2(CC(C)(C)[NH2+]C(C)(C)C2)[C@]1(C)O. The van der Waals surface area contributed by atoms with E-state index in [-0.39, 0.29) is 23.4 Å². The third kappa shape index (κ3) is 4.33. The van der Waals surface area contributed by atoms with Gasteiger partial charge in [-0.1, -0.05) is 0 Å². The standard InChI is InChI=1S/C24H32F3N3O4/c1-14-16(17-11-15(33-24(25,26)27)7-8-18(17)28-14)9-10-30-19(31)34-23(22(30,6)32)12-20(2,3)29-21(4,5)13-23/h7-8,11,28-29,32H,9-10,12-13H2,1-6H3/p+1/t22-/m0/s1. The summed E-state index contributed by atoms with van der Waals surface area (Å²) >= 11 is 0. The maximum atomic E-state index is 13.0. The van der Waals surface area contributed by atoms with E-state index in [0.29, 0.717) is 30.2 Å². The number of quaternary nitrogens is 1. The van der Waals surface area contributed by atoms with Crippen LogP contribution in [0.15, 0.2) is 18.2 Å². The fraction of sp³-hybridized carbons (Fsp3) is 0.625. The minimum atomic E-state index is -4.79. The van der Waals surface area contributed by atoms with Crippen LogP contribution in [-0.4, -0.2) is 56.4 Å². The number of benzene rings is 1. The van der Waals surface area contributed by atoms with Crippen LogP contribution >= 0.6 is 0 Å². The van der Waals surface area contributed by atoms with Crippen LogP contribution < -0.4 is 10.1 Å². The number of fused-ring (bicyclic) bond motifs is 1. The molecule has 4 N–H and O–H groups in total. The molecule has 0 aliphatic carbocycles.